The SMILES string of the molecule is CC(O)CNC(=O)c1cccc(-c2nnnn2C)c1. The Morgan fingerprint density at radius 3 is 2.95 bits per heavy atom. The lowest BCUT2D eigenvalue weighted by Crippen LogP contribution is -2.30. The van der Waals surface area contributed by atoms with E-state index >= 15 is 0 Å². The van der Waals surface area contributed by atoms with Crippen molar-refractivity contribution >= 4 is 5.91 Å². The highest BCUT2D eigenvalue weighted by atomic mass is 16.3. The van der Waals surface area contributed by atoms with Crippen molar-refractivity contribution in [1.29, 1.82) is 0 Å². The van der Waals surface area contributed by atoms with Crippen LogP contribution in [0.3, 0.4) is 0 Å². The molecule has 1 aromatic carbocycles. The minimum atomic E-state index is -0.574. The molecule has 0 saturated heterocycles. The second-order valence-electron chi connectivity index (χ2n) is 4.27. The van der Waals surface area contributed by atoms with Crippen LogP contribution < -0.4 is 5.32 Å². The highest BCUT2D eigenvalue weighted by Crippen LogP contribution is 2.16. The van der Waals surface area contributed by atoms with E-state index in [1.165, 1.54) is 4.68 Å². The Morgan fingerprint density at radius 1 is 1.53 bits per heavy atom. The highest BCUT2D eigenvalue weighted by molar-refractivity contribution is 5.95. The van der Waals surface area contributed by atoms with Crippen LogP contribution in [0.2, 0.25) is 0 Å². The zero-order valence-corrected chi connectivity index (χ0v) is 10.7. The number of hydrogen-bond donors (Lipinski definition) is 2. The molecule has 1 atom stereocenters. The molecular formula is C12H15N5O2. The molecular weight excluding hydrogens is 246 g/mol. The summed E-state index contributed by atoms with van der Waals surface area (Å²) in [6.45, 7) is 1.83. The highest BCUT2D eigenvalue weighted by Gasteiger charge is 2.10. The first-order chi connectivity index (χ1) is 9.08. The van der Waals surface area contributed by atoms with Crippen molar-refractivity contribution in [2.45, 2.75) is 13.0 Å². The summed E-state index contributed by atoms with van der Waals surface area (Å²) in [6.07, 6.45) is -0.574. The number of aliphatic hydroxyl groups is 1. The van der Waals surface area contributed by atoms with Gasteiger partial charge in [0.1, 0.15) is 0 Å². The minimum Gasteiger partial charge on any atom is -0.392 e. The molecule has 1 amide bonds. The van der Waals surface area contributed by atoms with Crippen molar-refractivity contribution in [3.63, 3.8) is 0 Å². The largest absolute Gasteiger partial charge is 0.392 e. The van der Waals surface area contributed by atoms with Crippen molar-refractivity contribution in [3.8, 4) is 11.4 Å². The lowest BCUT2D eigenvalue weighted by Gasteiger charge is -2.08. The number of carbonyl (C=O) groups excluding carboxylic acids is 1. The van der Waals surface area contributed by atoms with Crippen molar-refractivity contribution < 1.29 is 9.90 Å². The molecule has 0 aliphatic carbocycles. The normalized spacial score (nSPS) is 12.2. The fourth-order valence-corrected chi connectivity index (χ4v) is 1.62. The van der Waals surface area contributed by atoms with Crippen LogP contribution in [0.25, 0.3) is 11.4 Å². The lowest BCUT2D eigenvalue weighted by molar-refractivity contribution is 0.0924. The van der Waals surface area contributed by atoms with Gasteiger partial charge >= 0.3 is 0 Å². The lowest BCUT2D eigenvalue weighted by atomic mass is 10.1. The van der Waals surface area contributed by atoms with Gasteiger partial charge in [-0.25, -0.2) is 4.68 Å². The number of aryl methyl sites for hydroxylation is 1. The molecule has 0 fully saturated rings. The Labute approximate surface area is 110 Å². The Kier molecular flexibility index (Phi) is 3.86. The van der Waals surface area contributed by atoms with Crippen molar-refractivity contribution in [2.75, 3.05) is 6.54 Å². The molecule has 2 N–H and O–H groups in total. The molecule has 100 valence electrons. The number of hydrogen-bond acceptors (Lipinski definition) is 5. The number of rotatable bonds is 4. The second-order valence-corrected chi connectivity index (χ2v) is 4.27. The van der Waals surface area contributed by atoms with E-state index < -0.39 is 6.10 Å². The number of aromatic nitrogens is 4. The number of nitrogens with zero attached hydrogens (tertiary/aromatic N) is 4. The first kappa shape index (κ1) is 13.2. The van der Waals surface area contributed by atoms with E-state index in [9.17, 15) is 4.79 Å². The zero-order chi connectivity index (χ0) is 13.8. The van der Waals surface area contributed by atoms with Crippen molar-refractivity contribution in [3.05, 3.63) is 29.8 Å². The van der Waals surface area contributed by atoms with Crippen LogP contribution in [0.1, 0.15) is 17.3 Å². The quantitative estimate of drug-likeness (QED) is 0.807. The summed E-state index contributed by atoms with van der Waals surface area (Å²) in [4.78, 5) is 11.9. The summed E-state index contributed by atoms with van der Waals surface area (Å²) in [6, 6.07) is 7.01. The Morgan fingerprint density at radius 2 is 2.32 bits per heavy atom. The summed E-state index contributed by atoms with van der Waals surface area (Å²) in [7, 11) is 1.73. The number of tetrazole rings is 1. The maximum atomic E-state index is 11.9. The summed E-state index contributed by atoms with van der Waals surface area (Å²) < 4.78 is 1.53. The fourth-order valence-electron chi connectivity index (χ4n) is 1.62. The van der Waals surface area contributed by atoms with E-state index in [2.05, 4.69) is 20.8 Å². The molecule has 0 aliphatic rings. The molecule has 7 nitrogen and oxygen atoms in total. The monoisotopic (exact) mass is 261 g/mol. The minimum absolute atomic E-state index is 0.217. The average Bonchev–Trinajstić information content (AvgIpc) is 2.82. The molecule has 0 bridgehead atoms. The van der Waals surface area contributed by atoms with E-state index in [1.807, 2.05) is 6.07 Å². The summed E-state index contributed by atoms with van der Waals surface area (Å²) in [5.74, 6) is 0.350. The molecule has 0 radical (unpaired) electrons. The third-order valence-corrected chi connectivity index (χ3v) is 2.56. The standard InChI is InChI=1S/C12H15N5O2/c1-8(18)7-13-12(19)10-5-3-4-9(6-10)11-14-15-16-17(11)2/h3-6,8,18H,7H2,1-2H3,(H,13,19). The molecule has 19 heavy (non-hydrogen) atoms. The predicted molar refractivity (Wildman–Crippen MR) is 68.2 cm³/mol. The van der Waals surface area contributed by atoms with Gasteiger partial charge in [0.2, 0.25) is 0 Å². The average molecular weight is 261 g/mol. The number of nitrogens with one attached hydrogen (secondary N) is 1. The van der Waals surface area contributed by atoms with Gasteiger partial charge in [-0.15, -0.1) is 5.10 Å². The van der Waals surface area contributed by atoms with Gasteiger partial charge < -0.3 is 10.4 Å². The van der Waals surface area contributed by atoms with Crippen LogP contribution in [-0.2, 0) is 7.05 Å². The zero-order valence-electron chi connectivity index (χ0n) is 10.7. The van der Waals surface area contributed by atoms with E-state index in [1.54, 1.807) is 32.2 Å². The Hall–Kier alpha value is -2.28. The summed E-state index contributed by atoms with van der Waals surface area (Å²) >= 11 is 0. The van der Waals surface area contributed by atoms with Crippen LogP contribution in [0.15, 0.2) is 24.3 Å². The van der Waals surface area contributed by atoms with Gasteiger partial charge in [0.05, 0.1) is 6.10 Å². The van der Waals surface area contributed by atoms with Gasteiger partial charge in [-0.3, -0.25) is 4.79 Å². The van der Waals surface area contributed by atoms with Gasteiger partial charge in [0.15, 0.2) is 5.82 Å². The molecule has 1 heterocycles. The van der Waals surface area contributed by atoms with Crippen molar-refractivity contribution in [2.24, 2.45) is 7.05 Å². The Balaban J connectivity index is 2.20. The van der Waals surface area contributed by atoms with E-state index in [-0.39, 0.29) is 12.5 Å². The maximum absolute atomic E-state index is 11.9. The third kappa shape index (κ3) is 3.14. The van der Waals surface area contributed by atoms with Crippen molar-refractivity contribution in [1.82, 2.24) is 25.5 Å². The number of carbonyl (C=O) groups is 1. The van der Waals surface area contributed by atoms with E-state index in [4.69, 9.17) is 5.11 Å². The smallest absolute Gasteiger partial charge is 0.251 e. The van der Waals surface area contributed by atoms with Gasteiger partial charge in [-0.05, 0) is 29.5 Å². The molecule has 0 aliphatic heterocycles. The van der Waals surface area contributed by atoms with Crippen LogP contribution in [0, 0.1) is 0 Å². The van der Waals surface area contributed by atoms with E-state index in [0.717, 1.165) is 5.56 Å². The van der Waals surface area contributed by atoms with Gasteiger partial charge in [-0.1, -0.05) is 12.1 Å². The van der Waals surface area contributed by atoms with Crippen LogP contribution in [0.5, 0.6) is 0 Å². The Bertz CT molecular complexity index is 579. The molecule has 0 saturated carbocycles. The van der Waals surface area contributed by atoms with Crippen LogP contribution in [0.4, 0.5) is 0 Å². The first-order valence-corrected chi connectivity index (χ1v) is 5.87. The molecule has 0 spiro atoms. The summed E-state index contributed by atoms with van der Waals surface area (Å²) in [5, 5.41) is 23.0. The van der Waals surface area contributed by atoms with Gasteiger partial charge in [-0.2, -0.15) is 0 Å². The molecule has 1 unspecified atom stereocenters. The number of benzene rings is 1. The number of amides is 1. The fraction of sp³-hybridized carbons (Fsp3) is 0.333. The number of aliphatic hydroxyl groups excluding tert-OH is 1. The predicted octanol–water partition coefficient (Wildman–Crippen LogP) is -0.0123. The summed E-state index contributed by atoms with van der Waals surface area (Å²) in [5.41, 5.74) is 1.26. The first-order valence-electron chi connectivity index (χ1n) is 5.87. The van der Waals surface area contributed by atoms with Gasteiger partial charge in [0, 0.05) is 24.7 Å². The molecule has 2 rings (SSSR count). The third-order valence-electron chi connectivity index (χ3n) is 2.56. The topological polar surface area (TPSA) is 92.9 Å². The second kappa shape index (κ2) is 5.57. The van der Waals surface area contributed by atoms with Crippen LogP contribution in [-0.4, -0.2) is 43.9 Å². The molecule has 1 aromatic heterocycles. The molecule has 7 heteroatoms. The van der Waals surface area contributed by atoms with Gasteiger partial charge in [0.25, 0.3) is 5.91 Å². The maximum Gasteiger partial charge on any atom is 0.251 e. The molecule has 2 aromatic rings. The van der Waals surface area contributed by atoms with E-state index in [0.29, 0.717) is 11.4 Å². The van der Waals surface area contributed by atoms with Crippen LogP contribution >= 0.6 is 0 Å².